The van der Waals surface area contributed by atoms with Crippen molar-refractivity contribution < 1.29 is 28.3 Å². The van der Waals surface area contributed by atoms with Gasteiger partial charge in [0, 0.05) is 5.69 Å². The van der Waals surface area contributed by atoms with Crippen LogP contribution in [-0.2, 0) is 14.3 Å². The van der Waals surface area contributed by atoms with Gasteiger partial charge in [0.15, 0.2) is 11.9 Å². The van der Waals surface area contributed by atoms with Crippen molar-refractivity contribution in [3.63, 3.8) is 0 Å². The number of furan rings is 1. The molecule has 2 N–H and O–H groups in total. The zero-order valence-electron chi connectivity index (χ0n) is 16.2. The van der Waals surface area contributed by atoms with E-state index >= 15 is 0 Å². The highest BCUT2D eigenvalue weighted by atomic mass is 16.5. The average molecular weight is 408 g/mol. The van der Waals surface area contributed by atoms with Crippen LogP contribution >= 0.6 is 0 Å². The molecule has 0 aliphatic rings. The lowest BCUT2D eigenvalue weighted by atomic mass is 10.2. The molecule has 8 nitrogen and oxygen atoms in total. The molecule has 1 atom stereocenters. The number of benzene rings is 2. The minimum absolute atomic E-state index is 0.0771. The third kappa shape index (κ3) is 5.96. The van der Waals surface area contributed by atoms with Gasteiger partial charge in [-0.3, -0.25) is 14.4 Å². The number of anilines is 1. The van der Waals surface area contributed by atoms with Gasteiger partial charge in [-0.25, -0.2) is 0 Å². The fourth-order valence-corrected chi connectivity index (χ4v) is 2.41. The summed E-state index contributed by atoms with van der Waals surface area (Å²) in [7, 11) is 0. The summed E-state index contributed by atoms with van der Waals surface area (Å²) >= 11 is 0. The second-order valence-electron chi connectivity index (χ2n) is 6.22. The molecule has 0 aliphatic carbocycles. The standard InChI is InChI=1S/C22H20N2O6/c1-15(29-20(25)14-23-22(27)19-8-5-13-28-19)21(26)24-16-9-11-18(12-10-16)30-17-6-3-2-4-7-17/h2-13,15H,14H2,1H3,(H,23,27)(H,24,26)/t15-/m0/s1. The smallest absolute Gasteiger partial charge is 0.326 e. The summed E-state index contributed by atoms with van der Waals surface area (Å²) in [5.74, 6) is -0.401. The van der Waals surface area contributed by atoms with E-state index in [2.05, 4.69) is 10.6 Å². The lowest BCUT2D eigenvalue weighted by Crippen LogP contribution is -2.35. The molecule has 0 spiro atoms. The Morgan fingerprint density at radius 2 is 1.63 bits per heavy atom. The highest BCUT2D eigenvalue weighted by Gasteiger charge is 2.19. The molecule has 1 heterocycles. The Kier molecular flexibility index (Phi) is 6.83. The average Bonchev–Trinajstić information content (AvgIpc) is 3.29. The molecule has 154 valence electrons. The predicted molar refractivity (Wildman–Crippen MR) is 108 cm³/mol. The molecular weight excluding hydrogens is 388 g/mol. The van der Waals surface area contributed by atoms with E-state index in [4.69, 9.17) is 13.9 Å². The van der Waals surface area contributed by atoms with Gasteiger partial charge in [0.05, 0.1) is 6.26 Å². The highest BCUT2D eigenvalue weighted by molar-refractivity contribution is 5.96. The van der Waals surface area contributed by atoms with E-state index in [0.717, 1.165) is 0 Å². The van der Waals surface area contributed by atoms with Crippen LogP contribution in [0.3, 0.4) is 0 Å². The van der Waals surface area contributed by atoms with E-state index in [1.165, 1.54) is 19.3 Å². The van der Waals surface area contributed by atoms with Crippen molar-refractivity contribution in [1.29, 1.82) is 0 Å². The van der Waals surface area contributed by atoms with Crippen LogP contribution in [0.15, 0.2) is 77.4 Å². The Balaban J connectivity index is 1.44. The molecule has 0 aliphatic heterocycles. The van der Waals surface area contributed by atoms with Crippen LogP contribution in [0, 0.1) is 0 Å². The summed E-state index contributed by atoms with van der Waals surface area (Å²) in [4.78, 5) is 35.8. The summed E-state index contributed by atoms with van der Waals surface area (Å²) in [5, 5.41) is 5.00. The van der Waals surface area contributed by atoms with Crippen LogP contribution in [0.4, 0.5) is 5.69 Å². The van der Waals surface area contributed by atoms with Crippen molar-refractivity contribution in [1.82, 2.24) is 5.32 Å². The fraction of sp³-hybridized carbons (Fsp3) is 0.136. The van der Waals surface area contributed by atoms with Crippen LogP contribution in [-0.4, -0.2) is 30.4 Å². The van der Waals surface area contributed by atoms with Crippen molar-refractivity contribution in [2.24, 2.45) is 0 Å². The zero-order valence-corrected chi connectivity index (χ0v) is 16.2. The van der Waals surface area contributed by atoms with Crippen molar-refractivity contribution in [2.45, 2.75) is 13.0 Å². The van der Waals surface area contributed by atoms with Crippen molar-refractivity contribution >= 4 is 23.5 Å². The first-order valence-corrected chi connectivity index (χ1v) is 9.16. The molecule has 8 heteroatoms. The minimum Gasteiger partial charge on any atom is -0.459 e. The largest absolute Gasteiger partial charge is 0.459 e. The second-order valence-corrected chi connectivity index (χ2v) is 6.22. The molecule has 0 bridgehead atoms. The summed E-state index contributed by atoms with van der Waals surface area (Å²) in [6.07, 6.45) is 0.304. The molecular formula is C22H20N2O6. The Hall–Kier alpha value is -4.07. The Morgan fingerprint density at radius 3 is 2.30 bits per heavy atom. The quantitative estimate of drug-likeness (QED) is 0.554. The minimum atomic E-state index is -1.04. The first kappa shape index (κ1) is 20.7. The maximum atomic E-state index is 12.2. The van der Waals surface area contributed by atoms with Crippen molar-refractivity contribution in [3.8, 4) is 11.5 Å². The predicted octanol–water partition coefficient (Wildman–Crippen LogP) is 3.37. The molecule has 0 radical (unpaired) electrons. The summed E-state index contributed by atoms with van der Waals surface area (Å²) in [5.41, 5.74) is 0.523. The first-order chi connectivity index (χ1) is 14.5. The number of amides is 2. The Bertz CT molecular complexity index is 984. The van der Waals surface area contributed by atoms with Gasteiger partial charge in [-0.1, -0.05) is 18.2 Å². The lowest BCUT2D eigenvalue weighted by molar-refractivity contribution is -0.152. The number of rotatable bonds is 8. The van der Waals surface area contributed by atoms with Gasteiger partial charge >= 0.3 is 5.97 Å². The molecule has 1 aromatic heterocycles. The normalized spacial score (nSPS) is 11.2. The number of carbonyl (C=O) groups is 3. The number of nitrogens with one attached hydrogen (secondary N) is 2. The number of hydrogen-bond donors (Lipinski definition) is 2. The summed E-state index contributed by atoms with van der Waals surface area (Å²) in [6, 6.07) is 19.1. The SMILES string of the molecule is C[C@H](OC(=O)CNC(=O)c1ccco1)C(=O)Nc1ccc(Oc2ccccc2)cc1. The van der Waals surface area contributed by atoms with Crippen LogP contribution in [0.25, 0.3) is 0 Å². The van der Waals surface area contributed by atoms with E-state index in [1.807, 2.05) is 30.3 Å². The van der Waals surface area contributed by atoms with Gasteiger partial charge in [-0.2, -0.15) is 0 Å². The van der Waals surface area contributed by atoms with E-state index in [1.54, 1.807) is 30.3 Å². The molecule has 2 aromatic carbocycles. The highest BCUT2D eigenvalue weighted by Crippen LogP contribution is 2.22. The molecule has 30 heavy (non-hydrogen) atoms. The van der Waals surface area contributed by atoms with E-state index in [0.29, 0.717) is 17.2 Å². The van der Waals surface area contributed by atoms with Gasteiger partial charge in [0.2, 0.25) is 0 Å². The number of ether oxygens (including phenoxy) is 2. The topological polar surface area (TPSA) is 107 Å². The molecule has 0 saturated heterocycles. The molecule has 0 fully saturated rings. The number of carbonyl (C=O) groups excluding carboxylic acids is 3. The number of hydrogen-bond acceptors (Lipinski definition) is 6. The summed E-state index contributed by atoms with van der Waals surface area (Å²) < 4.78 is 15.6. The molecule has 3 aromatic rings. The molecule has 2 amide bonds. The van der Waals surface area contributed by atoms with Gasteiger partial charge in [-0.15, -0.1) is 0 Å². The third-order valence-corrected chi connectivity index (χ3v) is 3.92. The Labute approximate surface area is 172 Å². The van der Waals surface area contributed by atoms with Crippen LogP contribution in [0.5, 0.6) is 11.5 Å². The zero-order chi connectivity index (χ0) is 21.3. The Morgan fingerprint density at radius 1 is 0.933 bits per heavy atom. The number of esters is 1. The molecule has 3 rings (SSSR count). The van der Waals surface area contributed by atoms with Crippen molar-refractivity contribution in [3.05, 3.63) is 78.8 Å². The van der Waals surface area contributed by atoms with Gasteiger partial charge < -0.3 is 24.5 Å². The fourth-order valence-electron chi connectivity index (χ4n) is 2.41. The van der Waals surface area contributed by atoms with Crippen LogP contribution in [0.1, 0.15) is 17.5 Å². The van der Waals surface area contributed by atoms with Gasteiger partial charge in [-0.05, 0) is 55.5 Å². The van der Waals surface area contributed by atoms with Gasteiger partial charge in [0.25, 0.3) is 11.8 Å². The lowest BCUT2D eigenvalue weighted by Gasteiger charge is -2.14. The molecule has 0 saturated carbocycles. The summed E-state index contributed by atoms with van der Waals surface area (Å²) in [6.45, 7) is 1.05. The van der Waals surface area contributed by atoms with Crippen LogP contribution < -0.4 is 15.4 Å². The molecule has 0 unspecified atom stereocenters. The second kappa shape index (κ2) is 9.92. The van der Waals surface area contributed by atoms with E-state index < -0.39 is 23.9 Å². The van der Waals surface area contributed by atoms with Crippen molar-refractivity contribution in [2.75, 3.05) is 11.9 Å². The third-order valence-electron chi connectivity index (χ3n) is 3.92. The van der Waals surface area contributed by atoms with Crippen LogP contribution in [0.2, 0.25) is 0 Å². The number of para-hydroxylation sites is 1. The monoisotopic (exact) mass is 408 g/mol. The first-order valence-electron chi connectivity index (χ1n) is 9.16. The van der Waals surface area contributed by atoms with E-state index in [-0.39, 0.29) is 12.3 Å². The van der Waals surface area contributed by atoms with Gasteiger partial charge in [0.1, 0.15) is 18.0 Å². The maximum Gasteiger partial charge on any atom is 0.326 e. The van der Waals surface area contributed by atoms with E-state index in [9.17, 15) is 14.4 Å². The maximum absolute atomic E-state index is 12.2.